The Hall–Kier alpha value is -2.25. The third-order valence-corrected chi connectivity index (χ3v) is 8.91. The molecule has 2 fully saturated rings. The zero-order chi connectivity index (χ0) is 28.0. The Bertz CT molecular complexity index is 1100. The molecule has 11 nitrogen and oxygen atoms in total. The van der Waals surface area contributed by atoms with E-state index in [0.29, 0.717) is 5.46 Å². The highest BCUT2D eigenvalue weighted by atomic mass is 32.2. The smallest absolute Gasteiger partial charge is 0.444 e. The predicted octanol–water partition coefficient (Wildman–Crippen LogP) is 1.70. The van der Waals surface area contributed by atoms with Crippen molar-refractivity contribution in [2.24, 2.45) is 5.92 Å². The maximum absolute atomic E-state index is 13.3. The highest BCUT2D eigenvalue weighted by Crippen LogP contribution is 2.36. The van der Waals surface area contributed by atoms with E-state index in [0.717, 1.165) is 0 Å². The lowest BCUT2D eigenvalue weighted by Crippen LogP contribution is -2.52. The molecule has 1 N–H and O–H groups in total. The fourth-order valence-corrected chi connectivity index (χ4v) is 5.54. The van der Waals surface area contributed by atoms with Gasteiger partial charge in [-0.2, -0.15) is 0 Å². The number of amides is 2. The molecular formula is C24H39BN4O7S. The maximum Gasteiger partial charge on any atom is 0.498 e. The van der Waals surface area contributed by atoms with Crippen molar-refractivity contribution in [3.8, 4) is 0 Å². The summed E-state index contributed by atoms with van der Waals surface area (Å²) >= 11 is 0. The van der Waals surface area contributed by atoms with Crippen LogP contribution in [-0.2, 0) is 28.7 Å². The molecule has 2 amide bonds. The van der Waals surface area contributed by atoms with E-state index < -0.39 is 51.1 Å². The summed E-state index contributed by atoms with van der Waals surface area (Å²) in [5.41, 5.74) is -1.28. The minimum atomic E-state index is -3.89. The first-order chi connectivity index (χ1) is 16.8. The lowest BCUT2D eigenvalue weighted by Gasteiger charge is -2.32. The van der Waals surface area contributed by atoms with Crippen molar-refractivity contribution >= 4 is 34.4 Å². The lowest BCUT2D eigenvalue weighted by molar-refractivity contribution is -0.133. The largest absolute Gasteiger partial charge is 0.498 e. The molecule has 0 aromatic carbocycles. The summed E-state index contributed by atoms with van der Waals surface area (Å²) in [7, 11) is -4.60. The van der Waals surface area contributed by atoms with E-state index in [2.05, 4.69) is 15.3 Å². The number of carbonyl (C=O) groups excluding carboxylic acids is 2. The van der Waals surface area contributed by atoms with Crippen LogP contribution in [0.5, 0.6) is 0 Å². The van der Waals surface area contributed by atoms with E-state index in [9.17, 15) is 18.0 Å². The molecule has 13 heteroatoms. The summed E-state index contributed by atoms with van der Waals surface area (Å²) in [5, 5.41) is 1.47. The molecule has 1 aromatic heterocycles. The van der Waals surface area contributed by atoms with E-state index >= 15 is 0 Å². The Morgan fingerprint density at radius 3 is 2.16 bits per heavy atom. The first-order valence-corrected chi connectivity index (χ1v) is 14.1. The van der Waals surface area contributed by atoms with E-state index in [1.807, 2.05) is 27.7 Å². The highest BCUT2D eigenvalue weighted by Gasteiger charge is 2.52. The van der Waals surface area contributed by atoms with Crippen LogP contribution in [0.15, 0.2) is 17.6 Å². The number of hydrogen-bond acceptors (Lipinski definition) is 9. The third kappa shape index (κ3) is 6.43. The fraction of sp³-hybridized carbons (Fsp3) is 0.750. The molecule has 206 valence electrons. The molecule has 0 aliphatic carbocycles. The van der Waals surface area contributed by atoms with E-state index in [-0.39, 0.29) is 36.5 Å². The third-order valence-electron chi connectivity index (χ3n) is 6.93. The number of nitrogens with one attached hydrogen (secondary N) is 1. The number of aromatic nitrogens is 2. The average Bonchev–Trinajstić information content (AvgIpc) is 3.33. The first kappa shape index (κ1) is 29.3. The molecule has 0 unspecified atom stereocenters. The van der Waals surface area contributed by atoms with Gasteiger partial charge in [0.15, 0.2) is 0 Å². The molecule has 1 aromatic rings. The second kappa shape index (κ2) is 10.1. The molecular weight excluding hydrogens is 499 g/mol. The second-order valence-electron chi connectivity index (χ2n) is 12.0. The minimum Gasteiger partial charge on any atom is -0.444 e. The number of nitrogens with zero attached hydrogens (tertiary/aromatic N) is 3. The zero-order valence-electron chi connectivity index (χ0n) is 23.2. The molecule has 0 radical (unpaired) electrons. The van der Waals surface area contributed by atoms with Gasteiger partial charge in [0.05, 0.1) is 16.5 Å². The number of ether oxygens (including phenoxy) is 1. The fourth-order valence-electron chi connectivity index (χ4n) is 4.05. The Labute approximate surface area is 220 Å². The summed E-state index contributed by atoms with van der Waals surface area (Å²) in [6.07, 6.45) is 2.35. The van der Waals surface area contributed by atoms with Crippen molar-refractivity contribution in [1.29, 1.82) is 0 Å². The molecule has 2 saturated heterocycles. The Morgan fingerprint density at radius 1 is 1.14 bits per heavy atom. The summed E-state index contributed by atoms with van der Waals surface area (Å²) in [6, 6.07) is -0.841. The van der Waals surface area contributed by atoms with Gasteiger partial charge in [-0.05, 0) is 60.8 Å². The number of rotatable bonds is 6. The van der Waals surface area contributed by atoms with Gasteiger partial charge in [-0.15, -0.1) is 0 Å². The Morgan fingerprint density at radius 2 is 1.68 bits per heavy atom. The maximum atomic E-state index is 13.3. The van der Waals surface area contributed by atoms with Crippen molar-refractivity contribution in [3.63, 3.8) is 0 Å². The quantitative estimate of drug-likeness (QED) is 0.424. The van der Waals surface area contributed by atoms with Gasteiger partial charge < -0.3 is 24.3 Å². The van der Waals surface area contributed by atoms with Crippen LogP contribution in [-0.4, -0.2) is 83.6 Å². The second-order valence-corrected chi connectivity index (χ2v) is 14.1. The molecule has 0 bridgehead atoms. The van der Waals surface area contributed by atoms with Gasteiger partial charge in [0, 0.05) is 30.9 Å². The van der Waals surface area contributed by atoms with E-state index in [1.165, 1.54) is 17.3 Å². The molecule has 0 spiro atoms. The van der Waals surface area contributed by atoms with Crippen LogP contribution in [0.1, 0.15) is 68.7 Å². The Kier molecular flexibility index (Phi) is 8.04. The van der Waals surface area contributed by atoms with Gasteiger partial charge in [0.2, 0.25) is 20.9 Å². The van der Waals surface area contributed by atoms with E-state index in [1.54, 1.807) is 34.6 Å². The summed E-state index contributed by atoms with van der Waals surface area (Å²) in [5.74, 6) is -0.572. The molecule has 3 rings (SSSR count). The summed E-state index contributed by atoms with van der Waals surface area (Å²) in [4.78, 5) is 35.1. The van der Waals surface area contributed by atoms with Crippen LogP contribution in [0, 0.1) is 5.92 Å². The molecule has 2 aliphatic rings. The number of likely N-dealkylation sites (tertiary alicyclic amines) is 1. The van der Waals surface area contributed by atoms with E-state index in [4.69, 9.17) is 14.0 Å². The molecule has 3 heterocycles. The van der Waals surface area contributed by atoms with Crippen LogP contribution in [0.3, 0.4) is 0 Å². The number of alkyl carbamates (subject to hydrolysis) is 1. The molecule has 2 aliphatic heterocycles. The van der Waals surface area contributed by atoms with Crippen molar-refractivity contribution in [2.75, 3.05) is 13.1 Å². The van der Waals surface area contributed by atoms with Crippen LogP contribution in [0.2, 0.25) is 0 Å². The van der Waals surface area contributed by atoms with Crippen LogP contribution in [0.25, 0.3) is 0 Å². The molecule has 37 heavy (non-hydrogen) atoms. The summed E-state index contributed by atoms with van der Waals surface area (Å²) < 4.78 is 43.8. The van der Waals surface area contributed by atoms with Gasteiger partial charge in [-0.25, -0.2) is 23.2 Å². The average molecular weight is 538 g/mol. The minimum absolute atomic E-state index is 0.0112. The van der Waals surface area contributed by atoms with Gasteiger partial charge in [0.1, 0.15) is 11.6 Å². The topological polar surface area (TPSA) is 137 Å². The highest BCUT2D eigenvalue weighted by molar-refractivity contribution is 7.91. The van der Waals surface area contributed by atoms with Crippen molar-refractivity contribution in [2.45, 2.75) is 102 Å². The SMILES string of the molecule is CC(C)[C@H](NC(=O)OC(C)(C)C)C(=O)N1CC[C@@H](S(=O)(=O)c2ncc(B3OC(C)(C)C(C)(C)O3)cn2)C1. The predicted molar refractivity (Wildman–Crippen MR) is 138 cm³/mol. The van der Waals surface area contributed by atoms with Crippen LogP contribution in [0.4, 0.5) is 4.79 Å². The van der Waals surface area contributed by atoms with Crippen molar-refractivity contribution in [1.82, 2.24) is 20.2 Å². The van der Waals surface area contributed by atoms with Gasteiger partial charge in [0.25, 0.3) is 0 Å². The van der Waals surface area contributed by atoms with Crippen LogP contribution >= 0.6 is 0 Å². The van der Waals surface area contributed by atoms with Crippen molar-refractivity contribution in [3.05, 3.63) is 12.4 Å². The zero-order valence-corrected chi connectivity index (χ0v) is 24.0. The Balaban J connectivity index is 1.68. The van der Waals surface area contributed by atoms with Gasteiger partial charge in [-0.1, -0.05) is 13.8 Å². The van der Waals surface area contributed by atoms with Gasteiger partial charge >= 0.3 is 13.2 Å². The van der Waals surface area contributed by atoms with Gasteiger partial charge in [-0.3, -0.25) is 4.79 Å². The molecule has 0 saturated carbocycles. The normalized spacial score (nSPS) is 22.3. The standard InChI is InChI=1S/C24H39BN4O7S/c1-15(2)18(28-21(31)34-22(3,4)5)19(30)29-11-10-17(14-29)37(32,33)20-26-12-16(13-27-20)25-35-23(6,7)24(8,9)36-25/h12-13,15,17-18H,10-11,14H2,1-9H3,(H,28,31)/t17-,18+/m1/s1. The number of sulfone groups is 1. The number of hydrogen-bond donors (Lipinski definition) is 1. The first-order valence-electron chi connectivity index (χ1n) is 12.5. The molecule has 2 atom stereocenters. The number of carbonyl (C=O) groups is 2. The van der Waals surface area contributed by atoms with Crippen molar-refractivity contribution < 1.29 is 32.1 Å². The monoisotopic (exact) mass is 538 g/mol. The summed E-state index contributed by atoms with van der Waals surface area (Å²) in [6.45, 7) is 16.7. The van der Waals surface area contributed by atoms with Crippen LogP contribution < -0.4 is 10.8 Å². The lowest BCUT2D eigenvalue weighted by atomic mass is 9.81.